The number of thiophene rings is 1. The van der Waals surface area contributed by atoms with Crippen LogP contribution < -0.4 is 0 Å². The van der Waals surface area contributed by atoms with Crippen molar-refractivity contribution in [3.63, 3.8) is 0 Å². The Morgan fingerprint density at radius 3 is 2.60 bits per heavy atom. The number of rotatable bonds is 3. The zero-order valence-electron chi connectivity index (χ0n) is 6.06. The van der Waals surface area contributed by atoms with E-state index in [0.717, 1.165) is 18.7 Å². The Hall–Kier alpha value is -0.0100. The maximum Gasteiger partial charge on any atom is 0.0271 e. The molecule has 0 amide bonds. The predicted octanol–water partition coefficient (Wildman–Crippen LogP) is 3.09. The van der Waals surface area contributed by atoms with E-state index in [1.54, 1.807) is 0 Å². The minimum atomic E-state index is 0.740. The second-order valence-corrected chi connectivity index (χ2v) is 3.79. The van der Waals surface area contributed by atoms with Gasteiger partial charge in [0.05, 0.1) is 0 Å². The van der Waals surface area contributed by atoms with Crippen molar-refractivity contribution < 1.29 is 0 Å². The molecule has 0 saturated heterocycles. The summed E-state index contributed by atoms with van der Waals surface area (Å²) in [7, 11) is 0. The number of aryl methyl sites for hydroxylation is 2. The van der Waals surface area contributed by atoms with Gasteiger partial charge in [0.15, 0.2) is 0 Å². The second kappa shape index (κ2) is 3.99. The molecule has 0 bridgehead atoms. The summed E-state index contributed by atoms with van der Waals surface area (Å²) < 4.78 is 0. The van der Waals surface area contributed by atoms with Gasteiger partial charge in [0.2, 0.25) is 0 Å². The first-order valence-corrected chi connectivity index (χ1v) is 4.85. The molecule has 10 heavy (non-hydrogen) atoms. The lowest BCUT2D eigenvalue weighted by Gasteiger charge is -1.87. The minimum absolute atomic E-state index is 0.740. The molecule has 56 valence electrons. The van der Waals surface area contributed by atoms with E-state index in [-0.39, 0.29) is 0 Å². The second-order valence-electron chi connectivity index (χ2n) is 2.16. The Labute approximate surface area is 70.8 Å². The molecule has 0 spiro atoms. The Kier molecular flexibility index (Phi) is 3.23. The molecule has 0 N–H and O–H groups in total. The highest BCUT2D eigenvalue weighted by Gasteiger charge is 1.95. The summed E-state index contributed by atoms with van der Waals surface area (Å²) in [6.45, 7) is 2.18. The number of hydrogen-bond acceptors (Lipinski definition) is 1. The fourth-order valence-electron chi connectivity index (χ4n) is 0.840. The van der Waals surface area contributed by atoms with Crippen LogP contribution in [0.15, 0.2) is 12.1 Å². The zero-order chi connectivity index (χ0) is 7.40. The maximum absolute atomic E-state index is 5.60. The smallest absolute Gasteiger partial charge is 0.0271 e. The predicted molar refractivity (Wildman–Crippen MR) is 48.1 cm³/mol. The van der Waals surface area contributed by atoms with Crippen LogP contribution in [-0.4, -0.2) is 5.88 Å². The Bertz CT molecular complexity index is 193. The van der Waals surface area contributed by atoms with Crippen LogP contribution in [0, 0.1) is 0 Å². The summed E-state index contributed by atoms with van der Waals surface area (Å²) in [5.74, 6) is 0.740. The monoisotopic (exact) mass is 174 g/mol. The van der Waals surface area contributed by atoms with Crippen molar-refractivity contribution in [2.75, 3.05) is 5.88 Å². The lowest BCUT2D eigenvalue weighted by Crippen LogP contribution is -1.77. The van der Waals surface area contributed by atoms with E-state index in [9.17, 15) is 0 Å². The summed E-state index contributed by atoms with van der Waals surface area (Å²) >= 11 is 7.47. The van der Waals surface area contributed by atoms with E-state index in [2.05, 4.69) is 19.1 Å². The van der Waals surface area contributed by atoms with Gasteiger partial charge < -0.3 is 0 Å². The fraction of sp³-hybridized carbons (Fsp3) is 0.500. The van der Waals surface area contributed by atoms with Crippen LogP contribution in [0.2, 0.25) is 0 Å². The van der Waals surface area contributed by atoms with E-state index in [1.165, 1.54) is 9.75 Å². The largest absolute Gasteiger partial charge is 0.145 e. The van der Waals surface area contributed by atoms with Crippen molar-refractivity contribution >= 4 is 22.9 Å². The fourth-order valence-corrected chi connectivity index (χ4v) is 2.11. The quantitative estimate of drug-likeness (QED) is 0.618. The molecule has 0 aromatic carbocycles. The molecule has 1 rings (SSSR count). The van der Waals surface area contributed by atoms with Crippen LogP contribution in [0.1, 0.15) is 16.7 Å². The molecule has 0 atom stereocenters. The topological polar surface area (TPSA) is 0 Å². The Balaban J connectivity index is 2.59. The first kappa shape index (κ1) is 8.09. The minimum Gasteiger partial charge on any atom is -0.145 e. The molecule has 0 aliphatic heterocycles. The summed E-state index contributed by atoms with van der Waals surface area (Å²) in [5.41, 5.74) is 0. The molecule has 0 radical (unpaired) electrons. The van der Waals surface area contributed by atoms with Crippen molar-refractivity contribution in [2.45, 2.75) is 19.8 Å². The summed E-state index contributed by atoms with van der Waals surface area (Å²) in [6, 6.07) is 4.36. The average molecular weight is 175 g/mol. The third kappa shape index (κ3) is 1.99. The molecule has 0 saturated carbocycles. The number of hydrogen-bond donors (Lipinski definition) is 0. The first-order chi connectivity index (χ1) is 4.86. The molecule has 0 fully saturated rings. The van der Waals surface area contributed by atoms with Crippen LogP contribution in [0.4, 0.5) is 0 Å². The summed E-state index contributed by atoms with van der Waals surface area (Å²) in [5, 5.41) is 0. The van der Waals surface area contributed by atoms with Crippen LogP contribution >= 0.6 is 22.9 Å². The van der Waals surface area contributed by atoms with Gasteiger partial charge in [-0.1, -0.05) is 6.92 Å². The van der Waals surface area contributed by atoms with Gasteiger partial charge >= 0.3 is 0 Å². The Morgan fingerprint density at radius 1 is 1.40 bits per heavy atom. The van der Waals surface area contributed by atoms with Crippen LogP contribution in [-0.2, 0) is 12.8 Å². The molecule has 0 aliphatic rings. The summed E-state index contributed by atoms with van der Waals surface area (Å²) in [4.78, 5) is 2.87. The van der Waals surface area contributed by atoms with Crippen LogP contribution in [0.5, 0.6) is 0 Å². The molecule has 1 aromatic rings. The van der Waals surface area contributed by atoms with E-state index in [4.69, 9.17) is 11.6 Å². The van der Waals surface area contributed by atoms with Crippen molar-refractivity contribution in [2.24, 2.45) is 0 Å². The van der Waals surface area contributed by atoms with E-state index in [1.807, 2.05) is 11.3 Å². The van der Waals surface area contributed by atoms with E-state index >= 15 is 0 Å². The highest BCUT2D eigenvalue weighted by Crippen LogP contribution is 2.17. The number of alkyl halides is 1. The van der Waals surface area contributed by atoms with Gasteiger partial charge in [-0.2, -0.15) is 0 Å². The van der Waals surface area contributed by atoms with Crippen molar-refractivity contribution in [3.8, 4) is 0 Å². The zero-order valence-corrected chi connectivity index (χ0v) is 7.63. The third-order valence-corrected chi connectivity index (χ3v) is 2.88. The summed E-state index contributed by atoms with van der Waals surface area (Å²) in [6.07, 6.45) is 2.17. The van der Waals surface area contributed by atoms with E-state index < -0.39 is 0 Å². The molecule has 0 nitrogen and oxygen atoms in total. The molecule has 0 unspecified atom stereocenters. The number of halogens is 1. The standard InChI is InChI=1S/C8H11ClS/c1-2-7-3-4-8(10-7)5-6-9/h3-4H,2,5-6H2,1H3. The van der Waals surface area contributed by atoms with Gasteiger partial charge in [0.1, 0.15) is 0 Å². The Morgan fingerprint density at radius 2 is 2.10 bits per heavy atom. The molecular weight excluding hydrogens is 164 g/mol. The van der Waals surface area contributed by atoms with Gasteiger partial charge in [-0.05, 0) is 25.0 Å². The first-order valence-electron chi connectivity index (χ1n) is 3.50. The van der Waals surface area contributed by atoms with Gasteiger partial charge in [-0.3, -0.25) is 0 Å². The van der Waals surface area contributed by atoms with Crippen LogP contribution in [0.3, 0.4) is 0 Å². The van der Waals surface area contributed by atoms with Gasteiger partial charge in [-0.25, -0.2) is 0 Å². The highest BCUT2D eigenvalue weighted by molar-refractivity contribution is 7.12. The highest BCUT2D eigenvalue weighted by atomic mass is 35.5. The average Bonchev–Trinajstić information content (AvgIpc) is 2.37. The normalized spacial score (nSPS) is 10.2. The molecule has 0 aliphatic carbocycles. The van der Waals surface area contributed by atoms with Crippen molar-refractivity contribution in [1.82, 2.24) is 0 Å². The lowest BCUT2D eigenvalue weighted by atomic mass is 10.3. The van der Waals surface area contributed by atoms with E-state index in [0.29, 0.717) is 0 Å². The molecule has 2 heteroatoms. The third-order valence-electron chi connectivity index (χ3n) is 1.41. The molecular formula is C8H11ClS. The van der Waals surface area contributed by atoms with Gasteiger partial charge in [-0.15, -0.1) is 22.9 Å². The lowest BCUT2D eigenvalue weighted by molar-refractivity contribution is 1.19. The molecule has 1 heterocycles. The van der Waals surface area contributed by atoms with Gasteiger partial charge in [0, 0.05) is 15.6 Å². The maximum atomic E-state index is 5.60. The van der Waals surface area contributed by atoms with Gasteiger partial charge in [0.25, 0.3) is 0 Å². The van der Waals surface area contributed by atoms with Crippen molar-refractivity contribution in [3.05, 3.63) is 21.9 Å². The van der Waals surface area contributed by atoms with Crippen LogP contribution in [0.25, 0.3) is 0 Å². The SMILES string of the molecule is CCc1ccc(CCCl)s1. The molecule has 1 aromatic heterocycles. The van der Waals surface area contributed by atoms with Crippen molar-refractivity contribution in [1.29, 1.82) is 0 Å².